The van der Waals surface area contributed by atoms with Crippen molar-refractivity contribution in [3.8, 4) is 17.2 Å². The molecule has 2 heterocycles. The van der Waals surface area contributed by atoms with E-state index in [1.165, 1.54) is 11.1 Å². The smallest absolute Gasteiger partial charge is 0.217 e. The molecule has 0 saturated heterocycles. The Hall–Kier alpha value is -3.86. The van der Waals surface area contributed by atoms with Gasteiger partial charge in [-0.15, -0.1) is 0 Å². The van der Waals surface area contributed by atoms with E-state index < -0.39 is 0 Å². The molecule has 0 amide bonds. The van der Waals surface area contributed by atoms with Crippen molar-refractivity contribution in [1.82, 2.24) is 9.78 Å². The molecule has 158 valence electrons. The average Bonchev–Trinajstić information content (AvgIpc) is 3.46. The summed E-state index contributed by atoms with van der Waals surface area (Å²) in [6, 6.07) is 26.5. The number of aliphatic imine (C=N–C) groups is 1. The topological polar surface area (TPSA) is 48.6 Å². The molecule has 0 saturated carbocycles. The highest BCUT2D eigenvalue weighted by Crippen LogP contribution is 2.41. The van der Waals surface area contributed by atoms with Gasteiger partial charge in [-0.05, 0) is 61.4 Å². The molecular weight excluding hydrogens is 398 g/mol. The van der Waals surface area contributed by atoms with Crippen molar-refractivity contribution in [2.24, 2.45) is 4.99 Å². The molecule has 2 atom stereocenters. The van der Waals surface area contributed by atoms with Gasteiger partial charge >= 0.3 is 0 Å². The summed E-state index contributed by atoms with van der Waals surface area (Å²) in [4.78, 5) is 4.90. The molecule has 0 radical (unpaired) electrons. The fraction of sp³-hybridized carbons (Fsp3) is 0.185. The monoisotopic (exact) mass is 421 g/mol. The van der Waals surface area contributed by atoms with Gasteiger partial charge in [0.2, 0.25) is 5.90 Å². The van der Waals surface area contributed by atoms with Crippen LogP contribution in [-0.2, 0) is 11.2 Å². The summed E-state index contributed by atoms with van der Waals surface area (Å²) in [5.41, 5.74) is 6.60. The lowest BCUT2D eigenvalue weighted by atomic mass is 10.1. The number of nitrogens with zero attached hydrogens (tertiary/aromatic N) is 3. The predicted molar refractivity (Wildman–Crippen MR) is 124 cm³/mol. The summed E-state index contributed by atoms with van der Waals surface area (Å²) < 4.78 is 14.3. The van der Waals surface area contributed by atoms with Crippen LogP contribution in [0.25, 0.3) is 5.69 Å². The van der Waals surface area contributed by atoms with E-state index in [1.807, 2.05) is 67.1 Å². The van der Waals surface area contributed by atoms with Crippen LogP contribution >= 0.6 is 0 Å². The molecule has 1 aromatic heterocycles. The van der Waals surface area contributed by atoms with Gasteiger partial charge < -0.3 is 9.47 Å². The highest BCUT2D eigenvalue weighted by Gasteiger charge is 2.39. The van der Waals surface area contributed by atoms with E-state index in [2.05, 4.69) is 35.4 Å². The van der Waals surface area contributed by atoms with Crippen LogP contribution in [-0.4, -0.2) is 21.8 Å². The van der Waals surface area contributed by atoms with E-state index in [-0.39, 0.29) is 12.1 Å². The Morgan fingerprint density at radius 1 is 0.906 bits per heavy atom. The maximum absolute atomic E-state index is 6.23. The van der Waals surface area contributed by atoms with Gasteiger partial charge in [-0.3, -0.25) is 0 Å². The lowest BCUT2D eigenvalue weighted by molar-refractivity contribution is 0.206. The average molecular weight is 422 g/mol. The van der Waals surface area contributed by atoms with Gasteiger partial charge in [-0.1, -0.05) is 36.4 Å². The van der Waals surface area contributed by atoms with Crippen LogP contribution in [0.2, 0.25) is 0 Å². The van der Waals surface area contributed by atoms with Crippen LogP contribution in [0.4, 0.5) is 0 Å². The summed E-state index contributed by atoms with van der Waals surface area (Å²) in [7, 11) is 0. The third-order valence-electron chi connectivity index (χ3n) is 6.05. The number of fused-ring (bicyclic) bond motifs is 3. The number of hydrogen-bond donors (Lipinski definition) is 0. The molecule has 6 rings (SSSR count). The summed E-state index contributed by atoms with van der Waals surface area (Å²) >= 11 is 0. The van der Waals surface area contributed by atoms with Gasteiger partial charge in [0, 0.05) is 23.7 Å². The van der Waals surface area contributed by atoms with Crippen molar-refractivity contribution in [2.45, 2.75) is 32.4 Å². The standard InChI is InChI=1S/C27H23N3O2/c1-17-13-18(2)30(29-17)21-9-6-11-23(16-21)31-22-10-5-8-20(14-22)27-28-26-24-12-4-3-7-19(24)15-25(26)32-27/h3-14,16,25-26H,15H2,1-2H3/t25-,26+/m0/s1. The van der Waals surface area contributed by atoms with Crippen LogP contribution in [0, 0.1) is 13.8 Å². The van der Waals surface area contributed by atoms with E-state index in [4.69, 9.17) is 14.5 Å². The molecule has 32 heavy (non-hydrogen) atoms. The number of benzene rings is 3. The summed E-state index contributed by atoms with van der Waals surface area (Å²) in [5.74, 6) is 2.19. The molecule has 5 heteroatoms. The van der Waals surface area contributed by atoms with Gasteiger partial charge in [0.15, 0.2) is 0 Å². The van der Waals surface area contributed by atoms with E-state index >= 15 is 0 Å². The largest absolute Gasteiger partial charge is 0.471 e. The Morgan fingerprint density at radius 2 is 1.72 bits per heavy atom. The molecule has 5 nitrogen and oxygen atoms in total. The van der Waals surface area contributed by atoms with Crippen molar-refractivity contribution in [3.63, 3.8) is 0 Å². The van der Waals surface area contributed by atoms with E-state index in [9.17, 15) is 0 Å². The highest BCUT2D eigenvalue weighted by atomic mass is 16.5. The Kier molecular flexibility index (Phi) is 4.35. The molecule has 1 aliphatic carbocycles. The molecule has 3 aromatic carbocycles. The van der Waals surface area contributed by atoms with Crippen molar-refractivity contribution >= 4 is 5.90 Å². The minimum absolute atomic E-state index is 0.0863. The van der Waals surface area contributed by atoms with Crippen molar-refractivity contribution in [1.29, 1.82) is 0 Å². The number of aryl methyl sites for hydroxylation is 2. The second kappa shape index (κ2) is 7.38. The van der Waals surface area contributed by atoms with Gasteiger partial charge in [-0.2, -0.15) is 5.10 Å². The third-order valence-corrected chi connectivity index (χ3v) is 6.05. The Bertz CT molecular complexity index is 1350. The van der Waals surface area contributed by atoms with Crippen LogP contribution in [0.1, 0.15) is 34.1 Å². The maximum Gasteiger partial charge on any atom is 0.217 e. The maximum atomic E-state index is 6.23. The quantitative estimate of drug-likeness (QED) is 0.423. The molecule has 2 aliphatic rings. The van der Waals surface area contributed by atoms with Crippen LogP contribution in [0.3, 0.4) is 0 Å². The predicted octanol–water partition coefficient (Wildman–Crippen LogP) is 5.72. The Morgan fingerprint density at radius 3 is 2.56 bits per heavy atom. The number of aromatic nitrogens is 2. The van der Waals surface area contributed by atoms with Crippen molar-refractivity contribution < 1.29 is 9.47 Å². The fourth-order valence-corrected chi connectivity index (χ4v) is 4.64. The summed E-state index contributed by atoms with van der Waals surface area (Å²) in [6.45, 7) is 4.04. The molecule has 0 spiro atoms. The molecule has 1 aliphatic heterocycles. The lowest BCUT2D eigenvalue weighted by Crippen LogP contribution is -2.13. The zero-order valence-corrected chi connectivity index (χ0v) is 18.0. The zero-order chi connectivity index (χ0) is 21.7. The van der Waals surface area contributed by atoms with E-state index in [1.54, 1.807) is 0 Å². The minimum Gasteiger partial charge on any atom is -0.471 e. The van der Waals surface area contributed by atoms with E-state index in [0.29, 0.717) is 5.90 Å². The van der Waals surface area contributed by atoms with Crippen LogP contribution in [0.15, 0.2) is 83.9 Å². The minimum atomic E-state index is 0.0863. The molecular formula is C27H23N3O2. The first-order chi connectivity index (χ1) is 15.6. The highest BCUT2D eigenvalue weighted by molar-refractivity contribution is 5.96. The molecule has 0 N–H and O–H groups in total. The number of rotatable bonds is 4. The van der Waals surface area contributed by atoms with E-state index in [0.717, 1.165) is 40.6 Å². The second-order valence-electron chi connectivity index (χ2n) is 8.40. The first-order valence-corrected chi connectivity index (χ1v) is 10.9. The molecule has 0 fully saturated rings. The zero-order valence-electron chi connectivity index (χ0n) is 18.0. The summed E-state index contributed by atoms with van der Waals surface area (Å²) in [6.07, 6.45) is 0.993. The van der Waals surface area contributed by atoms with Crippen molar-refractivity contribution in [2.75, 3.05) is 0 Å². The second-order valence-corrected chi connectivity index (χ2v) is 8.40. The van der Waals surface area contributed by atoms with Crippen molar-refractivity contribution in [3.05, 3.63) is 107 Å². The molecule has 0 bridgehead atoms. The van der Waals surface area contributed by atoms with Gasteiger partial charge in [0.05, 0.1) is 11.4 Å². The van der Waals surface area contributed by atoms with Gasteiger partial charge in [-0.25, -0.2) is 9.67 Å². The SMILES string of the molecule is Cc1cc(C)n(-c2cccc(Oc3cccc(C4=N[C@@H]5c6ccccc6C[C@@H]5O4)c3)c2)n1. The van der Waals surface area contributed by atoms with Gasteiger partial charge in [0.1, 0.15) is 23.6 Å². The number of ether oxygens (including phenoxy) is 2. The lowest BCUT2D eigenvalue weighted by Gasteiger charge is -2.11. The first-order valence-electron chi connectivity index (χ1n) is 10.9. The van der Waals surface area contributed by atoms with Crippen LogP contribution < -0.4 is 4.74 Å². The molecule has 4 aromatic rings. The summed E-state index contributed by atoms with van der Waals surface area (Å²) in [5, 5.41) is 4.57. The first kappa shape index (κ1) is 18.9. The van der Waals surface area contributed by atoms with Gasteiger partial charge in [0.25, 0.3) is 0 Å². The number of hydrogen-bond acceptors (Lipinski definition) is 4. The van der Waals surface area contributed by atoms with Crippen LogP contribution in [0.5, 0.6) is 11.5 Å². The fourth-order valence-electron chi connectivity index (χ4n) is 4.64. The third kappa shape index (κ3) is 3.26. The normalized spacial score (nSPS) is 18.6. The molecule has 0 unspecified atom stereocenters. The Labute approximate surface area is 187 Å². The Balaban J connectivity index is 1.25.